The second kappa shape index (κ2) is 4.83. The molecule has 1 rings (SSSR count). The zero-order valence-corrected chi connectivity index (χ0v) is 9.03. The minimum Gasteiger partial charge on any atom is -0.463 e. The summed E-state index contributed by atoms with van der Waals surface area (Å²) >= 11 is 0. The van der Waals surface area contributed by atoms with Gasteiger partial charge in [-0.1, -0.05) is 13.8 Å². The highest BCUT2D eigenvalue weighted by Gasteiger charge is 2.14. The molecular formula is C9H18N4O. The highest BCUT2D eigenvalue weighted by Crippen LogP contribution is 2.19. The van der Waals surface area contributed by atoms with Gasteiger partial charge in [-0.25, -0.2) is 4.68 Å². The summed E-state index contributed by atoms with van der Waals surface area (Å²) in [6, 6.07) is 0.689. The SMILES string of the molecule is CCOc1nc(N)n(C(CC)CC)n1. The molecule has 0 amide bonds. The van der Waals surface area contributed by atoms with Crippen LogP contribution in [0.2, 0.25) is 0 Å². The van der Waals surface area contributed by atoms with Crippen LogP contribution in [0, 0.1) is 0 Å². The monoisotopic (exact) mass is 198 g/mol. The number of aromatic nitrogens is 3. The van der Waals surface area contributed by atoms with Gasteiger partial charge in [0.15, 0.2) is 0 Å². The predicted octanol–water partition coefficient (Wildman–Crippen LogP) is 1.62. The normalized spacial score (nSPS) is 10.9. The third-order valence-electron chi connectivity index (χ3n) is 2.20. The molecule has 0 aromatic carbocycles. The molecule has 0 atom stereocenters. The van der Waals surface area contributed by atoms with E-state index in [4.69, 9.17) is 10.5 Å². The first-order chi connectivity index (χ1) is 6.72. The molecule has 0 saturated heterocycles. The van der Waals surface area contributed by atoms with E-state index in [1.165, 1.54) is 0 Å². The minimum absolute atomic E-state index is 0.316. The number of hydrogen-bond donors (Lipinski definition) is 1. The average Bonchev–Trinajstić information content (AvgIpc) is 2.51. The number of anilines is 1. The van der Waals surface area contributed by atoms with Crippen molar-refractivity contribution in [2.75, 3.05) is 12.3 Å². The number of ether oxygens (including phenoxy) is 1. The summed E-state index contributed by atoms with van der Waals surface area (Å²) < 4.78 is 6.92. The summed E-state index contributed by atoms with van der Waals surface area (Å²) in [5.74, 6) is 0.433. The van der Waals surface area contributed by atoms with Crippen molar-refractivity contribution in [1.82, 2.24) is 14.8 Å². The Morgan fingerprint density at radius 3 is 2.50 bits per heavy atom. The fraction of sp³-hybridized carbons (Fsp3) is 0.778. The number of nitrogens with two attached hydrogens (primary N) is 1. The zero-order valence-electron chi connectivity index (χ0n) is 9.03. The van der Waals surface area contributed by atoms with E-state index in [1.54, 1.807) is 4.68 Å². The number of rotatable bonds is 5. The van der Waals surface area contributed by atoms with Crippen molar-refractivity contribution in [1.29, 1.82) is 0 Å². The van der Waals surface area contributed by atoms with Gasteiger partial charge >= 0.3 is 6.01 Å². The first kappa shape index (κ1) is 10.8. The number of hydrogen-bond acceptors (Lipinski definition) is 4. The predicted molar refractivity (Wildman–Crippen MR) is 55.2 cm³/mol. The highest BCUT2D eigenvalue weighted by molar-refractivity contribution is 5.19. The summed E-state index contributed by atoms with van der Waals surface area (Å²) in [6.45, 7) is 6.67. The number of nitrogens with zero attached hydrogens (tertiary/aromatic N) is 3. The Morgan fingerprint density at radius 2 is 2.00 bits per heavy atom. The Kier molecular flexibility index (Phi) is 3.73. The molecule has 0 fully saturated rings. The second-order valence-electron chi connectivity index (χ2n) is 3.10. The van der Waals surface area contributed by atoms with Crippen molar-refractivity contribution in [3.63, 3.8) is 0 Å². The molecule has 5 heteroatoms. The van der Waals surface area contributed by atoms with E-state index in [0.717, 1.165) is 12.8 Å². The molecule has 1 aromatic heterocycles. The summed E-state index contributed by atoms with van der Waals surface area (Å²) in [5, 5.41) is 4.20. The van der Waals surface area contributed by atoms with Gasteiger partial charge in [-0.3, -0.25) is 0 Å². The molecule has 0 aliphatic heterocycles. The number of nitrogen functional groups attached to an aromatic ring is 1. The van der Waals surface area contributed by atoms with E-state index >= 15 is 0 Å². The third-order valence-corrected chi connectivity index (χ3v) is 2.20. The van der Waals surface area contributed by atoms with Gasteiger partial charge < -0.3 is 10.5 Å². The maximum atomic E-state index is 5.73. The lowest BCUT2D eigenvalue weighted by molar-refractivity contribution is 0.305. The Labute approximate surface area is 84.3 Å². The van der Waals surface area contributed by atoms with Crippen LogP contribution in [-0.4, -0.2) is 21.4 Å². The van der Waals surface area contributed by atoms with Crippen molar-refractivity contribution < 1.29 is 4.74 Å². The molecule has 80 valence electrons. The molecule has 2 N–H and O–H groups in total. The molecule has 0 aliphatic carbocycles. The van der Waals surface area contributed by atoms with Crippen molar-refractivity contribution in [3.8, 4) is 6.01 Å². The van der Waals surface area contributed by atoms with Crippen molar-refractivity contribution in [3.05, 3.63) is 0 Å². The fourth-order valence-electron chi connectivity index (χ4n) is 1.41. The molecule has 0 unspecified atom stereocenters. The Morgan fingerprint density at radius 1 is 1.36 bits per heavy atom. The van der Waals surface area contributed by atoms with Gasteiger partial charge in [0, 0.05) is 0 Å². The molecule has 0 bridgehead atoms. The van der Waals surface area contributed by atoms with E-state index in [1.807, 2.05) is 6.92 Å². The zero-order chi connectivity index (χ0) is 10.6. The first-order valence-corrected chi connectivity index (χ1v) is 5.07. The molecular weight excluding hydrogens is 180 g/mol. The Hall–Kier alpha value is -1.26. The van der Waals surface area contributed by atoms with Gasteiger partial charge in [-0.05, 0) is 19.8 Å². The van der Waals surface area contributed by atoms with Gasteiger partial charge in [-0.15, -0.1) is 5.10 Å². The van der Waals surface area contributed by atoms with Crippen LogP contribution in [0.25, 0.3) is 0 Å². The van der Waals surface area contributed by atoms with E-state index in [-0.39, 0.29) is 0 Å². The van der Waals surface area contributed by atoms with Gasteiger partial charge in [0.1, 0.15) is 0 Å². The minimum atomic E-state index is 0.316. The van der Waals surface area contributed by atoms with E-state index < -0.39 is 0 Å². The van der Waals surface area contributed by atoms with Crippen LogP contribution >= 0.6 is 0 Å². The lowest BCUT2D eigenvalue weighted by Gasteiger charge is -2.12. The van der Waals surface area contributed by atoms with Gasteiger partial charge in [-0.2, -0.15) is 4.98 Å². The Balaban J connectivity index is 2.85. The smallest absolute Gasteiger partial charge is 0.337 e. The molecule has 0 aliphatic rings. The van der Waals surface area contributed by atoms with Crippen LogP contribution in [0.3, 0.4) is 0 Å². The van der Waals surface area contributed by atoms with E-state index in [2.05, 4.69) is 23.9 Å². The van der Waals surface area contributed by atoms with Crippen molar-refractivity contribution in [2.24, 2.45) is 0 Å². The van der Waals surface area contributed by atoms with Gasteiger partial charge in [0.05, 0.1) is 12.6 Å². The Bertz CT molecular complexity index is 280. The standard InChI is InChI=1S/C9H18N4O/c1-4-7(5-2)13-8(10)11-9(12-13)14-6-3/h7H,4-6H2,1-3H3,(H2,10,11,12). The van der Waals surface area contributed by atoms with Crippen LogP contribution in [-0.2, 0) is 0 Å². The third kappa shape index (κ3) is 2.16. The maximum absolute atomic E-state index is 5.73. The summed E-state index contributed by atoms with van der Waals surface area (Å²) in [4.78, 5) is 4.02. The van der Waals surface area contributed by atoms with Gasteiger partial charge in [0.25, 0.3) is 0 Å². The van der Waals surface area contributed by atoms with Crippen LogP contribution in [0.4, 0.5) is 5.95 Å². The summed E-state index contributed by atoms with van der Waals surface area (Å²) in [7, 11) is 0. The van der Waals surface area contributed by atoms with E-state index in [9.17, 15) is 0 Å². The molecule has 1 aromatic rings. The van der Waals surface area contributed by atoms with E-state index in [0.29, 0.717) is 24.6 Å². The van der Waals surface area contributed by atoms with Crippen LogP contribution in [0.1, 0.15) is 39.7 Å². The highest BCUT2D eigenvalue weighted by atomic mass is 16.5. The fourth-order valence-corrected chi connectivity index (χ4v) is 1.41. The van der Waals surface area contributed by atoms with Crippen LogP contribution < -0.4 is 10.5 Å². The quantitative estimate of drug-likeness (QED) is 0.780. The lowest BCUT2D eigenvalue weighted by atomic mass is 10.2. The maximum Gasteiger partial charge on any atom is 0.337 e. The first-order valence-electron chi connectivity index (χ1n) is 5.07. The molecule has 1 heterocycles. The van der Waals surface area contributed by atoms with Gasteiger partial charge in [0.2, 0.25) is 5.95 Å². The van der Waals surface area contributed by atoms with Crippen molar-refractivity contribution in [2.45, 2.75) is 39.7 Å². The lowest BCUT2D eigenvalue weighted by Crippen LogP contribution is -2.12. The second-order valence-corrected chi connectivity index (χ2v) is 3.10. The molecule has 14 heavy (non-hydrogen) atoms. The molecule has 0 radical (unpaired) electrons. The summed E-state index contributed by atoms with van der Waals surface area (Å²) in [5.41, 5.74) is 5.73. The largest absolute Gasteiger partial charge is 0.463 e. The molecule has 5 nitrogen and oxygen atoms in total. The summed E-state index contributed by atoms with van der Waals surface area (Å²) in [6.07, 6.45) is 1.99. The molecule has 0 spiro atoms. The molecule has 0 saturated carbocycles. The topological polar surface area (TPSA) is 66.0 Å². The van der Waals surface area contributed by atoms with Crippen molar-refractivity contribution >= 4 is 5.95 Å². The van der Waals surface area contributed by atoms with Crippen LogP contribution in [0.5, 0.6) is 6.01 Å². The average molecular weight is 198 g/mol. The van der Waals surface area contributed by atoms with Crippen LogP contribution in [0.15, 0.2) is 0 Å².